The molecule has 1 saturated heterocycles. The lowest BCUT2D eigenvalue weighted by molar-refractivity contribution is -0.144. The lowest BCUT2D eigenvalue weighted by atomic mass is 9.85. The normalized spacial score (nSPS) is 30.9. The van der Waals surface area contributed by atoms with Crippen LogP contribution in [-0.2, 0) is 23.9 Å². The van der Waals surface area contributed by atoms with Gasteiger partial charge < -0.3 is 0 Å². The number of imide groups is 1. The van der Waals surface area contributed by atoms with Crippen LogP contribution < -0.4 is 0 Å². The number of benzene rings is 1. The van der Waals surface area contributed by atoms with Gasteiger partial charge in [0.15, 0.2) is 0 Å². The Hall–Kier alpha value is -1.99. The van der Waals surface area contributed by atoms with Crippen LogP contribution >= 0.6 is 0 Å². The zero-order chi connectivity index (χ0) is 18.5. The maximum Gasteiger partial charge on any atom is 0.264 e. The van der Waals surface area contributed by atoms with Gasteiger partial charge in [0.2, 0.25) is 11.8 Å². The van der Waals surface area contributed by atoms with Gasteiger partial charge >= 0.3 is 0 Å². The highest BCUT2D eigenvalue weighted by Crippen LogP contribution is 2.54. The SMILES string of the molecule is CS(=O)(=O)OCCC(c1ccccc1)N1C(=O)C2C3C=CC(C3)C2C1=O. The first-order valence-electron chi connectivity index (χ1n) is 8.81. The molecular weight excluding hydrogens is 354 g/mol. The molecule has 1 aromatic rings. The quantitative estimate of drug-likeness (QED) is 0.431. The Balaban J connectivity index is 1.62. The van der Waals surface area contributed by atoms with E-state index in [-0.39, 0.29) is 48.5 Å². The highest BCUT2D eigenvalue weighted by Gasteiger charge is 2.60. The van der Waals surface area contributed by atoms with E-state index in [9.17, 15) is 18.0 Å². The lowest BCUT2D eigenvalue weighted by Gasteiger charge is -2.28. The highest BCUT2D eigenvalue weighted by atomic mass is 32.2. The second-order valence-corrected chi connectivity index (χ2v) is 8.93. The Morgan fingerprint density at radius 3 is 2.19 bits per heavy atom. The van der Waals surface area contributed by atoms with Crippen molar-refractivity contribution < 1.29 is 22.2 Å². The third kappa shape index (κ3) is 2.89. The van der Waals surface area contributed by atoms with Gasteiger partial charge in [-0.2, -0.15) is 8.42 Å². The van der Waals surface area contributed by atoms with Gasteiger partial charge in [0, 0.05) is 0 Å². The Morgan fingerprint density at radius 1 is 1.08 bits per heavy atom. The van der Waals surface area contributed by atoms with Gasteiger partial charge in [0.25, 0.3) is 10.1 Å². The maximum atomic E-state index is 13.1. The number of hydrogen-bond acceptors (Lipinski definition) is 5. The summed E-state index contributed by atoms with van der Waals surface area (Å²) >= 11 is 0. The summed E-state index contributed by atoms with van der Waals surface area (Å²) in [5, 5.41) is 0. The summed E-state index contributed by atoms with van der Waals surface area (Å²) in [4.78, 5) is 27.5. The highest BCUT2D eigenvalue weighted by molar-refractivity contribution is 7.85. The van der Waals surface area contributed by atoms with Gasteiger partial charge in [-0.25, -0.2) is 0 Å². The summed E-state index contributed by atoms with van der Waals surface area (Å²) in [6, 6.07) is 8.75. The molecule has 1 saturated carbocycles. The number of amides is 2. The molecule has 1 aromatic carbocycles. The number of allylic oxidation sites excluding steroid dienone is 2. The van der Waals surface area contributed by atoms with E-state index in [1.54, 1.807) is 0 Å². The van der Waals surface area contributed by atoms with Gasteiger partial charge in [-0.1, -0.05) is 42.5 Å². The first kappa shape index (κ1) is 17.4. The first-order chi connectivity index (χ1) is 12.4. The number of likely N-dealkylation sites (tertiary alicyclic amines) is 1. The molecule has 4 rings (SSSR count). The van der Waals surface area contributed by atoms with Gasteiger partial charge in [-0.15, -0.1) is 0 Å². The van der Waals surface area contributed by atoms with Crippen LogP contribution in [0.2, 0.25) is 0 Å². The smallest absolute Gasteiger partial charge is 0.264 e. The molecule has 2 bridgehead atoms. The number of nitrogens with zero attached hydrogens (tertiary/aromatic N) is 1. The van der Waals surface area contributed by atoms with Gasteiger partial charge in [-0.3, -0.25) is 18.7 Å². The zero-order valence-corrected chi connectivity index (χ0v) is 15.3. The maximum absolute atomic E-state index is 13.1. The van der Waals surface area contributed by atoms with Crippen molar-refractivity contribution in [3.63, 3.8) is 0 Å². The van der Waals surface area contributed by atoms with Crippen molar-refractivity contribution in [1.29, 1.82) is 0 Å². The third-order valence-corrected chi connectivity index (χ3v) is 6.28. The molecule has 26 heavy (non-hydrogen) atoms. The molecule has 5 atom stereocenters. The number of carbonyl (C=O) groups is 2. The van der Waals surface area contributed by atoms with Crippen LogP contribution in [0.4, 0.5) is 0 Å². The average molecular weight is 375 g/mol. The lowest BCUT2D eigenvalue weighted by Crippen LogP contribution is -2.37. The second kappa shape index (κ2) is 6.32. The molecule has 2 aliphatic carbocycles. The Kier molecular flexibility index (Phi) is 4.23. The van der Waals surface area contributed by atoms with Crippen molar-refractivity contribution in [2.75, 3.05) is 12.9 Å². The molecular formula is C19H21NO5S. The fourth-order valence-electron chi connectivity index (χ4n) is 4.66. The molecule has 138 valence electrons. The largest absolute Gasteiger partial charge is 0.274 e. The summed E-state index contributed by atoms with van der Waals surface area (Å²) in [6.45, 7) is -0.0735. The zero-order valence-electron chi connectivity index (χ0n) is 14.4. The summed E-state index contributed by atoms with van der Waals surface area (Å²) in [7, 11) is -3.57. The van der Waals surface area contributed by atoms with Gasteiger partial charge in [0.1, 0.15) is 0 Å². The van der Waals surface area contributed by atoms with Crippen molar-refractivity contribution in [2.24, 2.45) is 23.7 Å². The molecule has 5 unspecified atom stereocenters. The minimum absolute atomic E-state index is 0.0735. The van der Waals surface area contributed by atoms with E-state index in [1.807, 2.05) is 30.3 Å². The van der Waals surface area contributed by atoms with Crippen molar-refractivity contribution in [3.05, 3.63) is 48.0 Å². The van der Waals surface area contributed by atoms with Crippen LogP contribution in [0, 0.1) is 23.7 Å². The molecule has 0 spiro atoms. The van der Waals surface area contributed by atoms with Crippen molar-refractivity contribution in [3.8, 4) is 0 Å². The number of carbonyl (C=O) groups excluding carboxylic acids is 2. The predicted molar refractivity (Wildman–Crippen MR) is 94.2 cm³/mol. The van der Waals surface area contributed by atoms with E-state index in [0.29, 0.717) is 0 Å². The fourth-order valence-corrected chi connectivity index (χ4v) is 5.06. The van der Waals surface area contributed by atoms with Crippen molar-refractivity contribution in [1.82, 2.24) is 4.90 Å². The van der Waals surface area contributed by atoms with Crippen LogP contribution in [0.1, 0.15) is 24.4 Å². The van der Waals surface area contributed by atoms with E-state index < -0.39 is 16.2 Å². The van der Waals surface area contributed by atoms with Crippen LogP contribution in [0.25, 0.3) is 0 Å². The van der Waals surface area contributed by atoms with E-state index in [1.165, 1.54) is 4.90 Å². The molecule has 3 aliphatic rings. The van der Waals surface area contributed by atoms with Gasteiger partial charge in [-0.05, 0) is 30.2 Å². The van der Waals surface area contributed by atoms with Crippen molar-refractivity contribution >= 4 is 21.9 Å². The molecule has 1 heterocycles. The minimum atomic E-state index is -3.57. The summed E-state index contributed by atoms with van der Waals surface area (Å²) < 4.78 is 27.4. The molecule has 7 heteroatoms. The van der Waals surface area contributed by atoms with E-state index >= 15 is 0 Å². The topological polar surface area (TPSA) is 80.8 Å². The Bertz CT molecular complexity index is 833. The first-order valence-corrected chi connectivity index (χ1v) is 10.6. The fraction of sp³-hybridized carbons (Fsp3) is 0.474. The minimum Gasteiger partial charge on any atom is -0.274 e. The van der Waals surface area contributed by atoms with Crippen LogP contribution in [0.15, 0.2) is 42.5 Å². The van der Waals surface area contributed by atoms with Crippen molar-refractivity contribution in [2.45, 2.75) is 18.9 Å². The summed E-state index contributed by atoms with van der Waals surface area (Å²) in [6.07, 6.45) is 6.24. The molecule has 1 aliphatic heterocycles. The molecule has 2 amide bonds. The standard InChI is InChI=1S/C19H21NO5S/c1-26(23,24)25-10-9-15(12-5-3-2-4-6-12)20-18(21)16-13-7-8-14(11-13)17(16)19(20)22/h2-8,13-17H,9-11H2,1H3. The van der Waals surface area contributed by atoms with Crippen LogP contribution in [-0.4, -0.2) is 38.0 Å². The number of fused-ring (bicyclic) bond motifs is 5. The van der Waals surface area contributed by atoms with E-state index in [4.69, 9.17) is 4.18 Å². The average Bonchev–Trinajstić information content (AvgIpc) is 3.27. The third-order valence-electron chi connectivity index (χ3n) is 5.69. The molecule has 6 nitrogen and oxygen atoms in total. The van der Waals surface area contributed by atoms with E-state index in [0.717, 1.165) is 18.2 Å². The summed E-state index contributed by atoms with van der Waals surface area (Å²) in [5.41, 5.74) is 0.812. The molecule has 0 N–H and O–H groups in total. The summed E-state index contributed by atoms with van der Waals surface area (Å²) in [5.74, 6) is -0.500. The van der Waals surface area contributed by atoms with E-state index in [2.05, 4.69) is 12.2 Å². The Labute approximate surface area is 152 Å². The Morgan fingerprint density at radius 2 is 1.65 bits per heavy atom. The molecule has 2 fully saturated rings. The van der Waals surface area contributed by atoms with Gasteiger partial charge in [0.05, 0.1) is 30.7 Å². The molecule has 0 aromatic heterocycles. The molecule has 0 radical (unpaired) electrons. The monoisotopic (exact) mass is 375 g/mol. The number of rotatable bonds is 6. The number of hydrogen-bond donors (Lipinski definition) is 0. The second-order valence-electron chi connectivity index (χ2n) is 7.29. The predicted octanol–water partition coefficient (Wildman–Crippen LogP) is 1.90. The van der Waals surface area contributed by atoms with Crippen LogP contribution in [0.3, 0.4) is 0 Å². The van der Waals surface area contributed by atoms with Crippen LogP contribution in [0.5, 0.6) is 0 Å².